The first-order valence-electron chi connectivity index (χ1n) is 8.80. The first-order valence-corrected chi connectivity index (χ1v) is 8.80. The molecule has 4 heteroatoms. The van der Waals surface area contributed by atoms with Crippen LogP contribution in [0.25, 0.3) is 0 Å². The van der Waals surface area contributed by atoms with Crippen molar-refractivity contribution in [1.29, 1.82) is 0 Å². The van der Waals surface area contributed by atoms with Crippen LogP contribution in [-0.2, 0) is 17.8 Å². The minimum atomic E-state index is -0.603. The first-order chi connectivity index (χ1) is 12.0. The summed E-state index contributed by atoms with van der Waals surface area (Å²) in [6, 6.07) is 16.8. The molecule has 25 heavy (non-hydrogen) atoms. The van der Waals surface area contributed by atoms with Crippen molar-refractivity contribution < 1.29 is 14.2 Å². The fraction of sp³-hybridized carbons (Fsp3) is 0.429. The number of ether oxygens (including phenoxy) is 1. The molecule has 0 aliphatic heterocycles. The Kier molecular flexibility index (Phi) is 8.06. The molecule has 0 spiro atoms. The summed E-state index contributed by atoms with van der Waals surface area (Å²) in [5.74, 6) is 0.220. The van der Waals surface area contributed by atoms with Crippen LogP contribution >= 0.6 is 0 Å². The van der Waals surface area contributed by atoms with E-state index in [4.69, 9.17) is 4.74 Å². The topological polar surface area (TPSA) is 32.7 Å². The summed E-state index contributed by atoms with van der Waals surface area (Å²) in [5, 5.41) is 10.3. The van der Waals surface area contributed by atoms with Crippen LogP contribution in [0.4, 0.5) is 4.39 Å². The van der Waals surface area contributed by atoms with Crippen molar-refractivity contribution in [2.24, 2.45) is 5.92 Å². The van der Waals surface area contributed by atoms with Gasteiger partial charge in [0, 0.05) is 31.8 Å². The summed E-state index contributed by atoms with van der Waals surface area (Å²) in [6.07, 6.45) is -0.603. The number of halogens is 1. The van der Waals surface area contributed by atoms with E-state index in [1.807, 2.05) is 36.4 Å². The highest BCUT2D eigenvalue weighted by Gasteiger charge is 2.15. The zero-order chi connectivity index (χ0) is 18.1. The molecule has 0 bridgehead atoms. The van der Waals surface area contributed by atoms with Crippen LogP contribution in [0.1, 0.15) is 25.0 Å². The average Bonchev–Trinajstić information content (AvgIpc) is 2.57. The first kappa shape index (κ1) is 19.6. The van der Waals surface area contributed by atoms with Crippen molar-refractivity contribution in [2.45, 2.75) is 33.0 Å². The third kappa shape index (κ3) is 7.34. The quantitative estimate of drug-likeness (QED) is 0.710. The van der Waals surface area contributed by atoms with Gasteiger partial charge in [0.05, 0.1) is 12.7 Å². The van der Waals surface area contributed by atoms with Crippen LogP contribution in [0, 0.1) is 11.7 Å². The van der Waals surface area contributed by atoms with Crippen molar-refractivity contribution >= 4 is 0 Å². The van der Waals surface area contributed by atoms with Crippen molar-refractivity contribution in [3.63, 3.8) is 0 Å². The molecule has 0 saturated heterocycles. The molecule has 0 heterocycles. The van der Waals surface area contributed by atoms with Gasteiger partial charge in [-0.3, -0.25) is 4.90 Å². The van der Waals surface area contributed by atoms with Gasteiger partial charge in [0.15, 0.2) is 0 Å². The van der Waals surface area contributed by atoms with Crippen molar-refractivity contribution in [3.05, 3.63) is 71.5 Å². The summed E-state index contributed by atoms with van der Waals surface area (Å²) in [6.45, 7) is 6.60. The molecule has 0 aliphatic rings. The Labute approximate surface area is 150 Å². The van der Waals surface area contributed by atoms with Crippen LogP contribution in [0.2, 0.25) is 0 Å². The van der Waals surface area contributed by atoms with Gasteiger partial charge in [-0.25, -0.2) is 4.39 Å². The highest BCUT2D eigenvalue weighted by atomic mass is 19.1. The Bertz CT molecular complexity index is 618. The van der Waals surface area contributed by atoms with E-state index in [9.17, 15) is 9.50 Å². The normalized spacial score (nSPS) is 12.7. The summed E-state index contributed by atoms with van der Waals surface area (Å²) < 4.78 is 19.5. The third-order valence-electron chi connectivity index (χ3n) is 3.83. The number of aliphatic hydroxyl groups excluding tert-OH is 1. The third-order valence-corrected chi connectivity index (χ3v) is 3.83. The summed E-state index contributed by atoms with van der Waals surface area (Å²) in [7, 11) is 0. The van der Waals surface area contributed by atoms with Gasteiger partial charge in [0.1, 0.15) is 5.82 Å². The second-order valence-electron chi connectivity index (χ2n) is 6.83. The van der Waals surface area contributed by atoms with Gasteiger partial charge in [-0.2, -0.15) is 0 Å². The predicted molar refractivity (Wildman–Crippen MR) is 98.6 cm³/mol. The Morgan fingerprint density at radius 3 is 2.32 bits per heavy atom. The minimum absolute atomic E-state index is 0.217. The van der Waals surface area contributed by atoms with Gasteiger partial charge < -0.3 is 9.84 Å². The average molecular weight is 345 g/mol. The molecule has 0 amide bonds. The number of benzene rings is 2. The van der Waals surface area contributed by atoms with Crippen molar-refractivity contribution in [1.82, 2.24) is 4.90 Å². The molecule has 0 aromatic heterocycles. The summed E-state index contributed by atoms with van der Waals surface area (Å²) >= 11 is 0. The molecule has 1 N–H and O–H groups in total. The molecule has 0 radical (unpaired) electrons. The van der Waals surface area contributed by atoms with Crippen LogP contribution in [0.5, 0.6) is 0 Å². The van der Waals surface area contributed by atoms with E-state index in [0.717, 1.165) is 5.56 Å². The molecular formula is C21H28FNO2. The lowest BCUT2D eigenvalue weighted by Gasteiger charge is -2.25. The fourth-order valence-corrected chi connectivity index (χ4v) is 2.68. The molecular weight excluding hydrogens is 317 g/mol. The Balaban J connectivity index is 2.00. The smallest absolute Gasteiger partial charge is 0.127 e. The maximum atomic E-state index is 14.0. The number of nitrogens with zero attached hydrogens (tertiary/aromatic N) is 1. The summed E-state index contributed by atoms with van der Waals surface area (Å²) in [5.41, 5.74) is 1.77. The fourth-order valence-electron chi connectivity index (χ4n) is 2.68. The van der Waals surface area contributed by atoms with Gasteiger partial charge in [-0.1, -0.05) is 62.4 Å². The van der Waals surface area contributed by atoms with Crippen molar-refractivity contribution in [2.75, 3.05) is 19.8 Å². The summed E-state index contributed by atoms with van der Waals surface area (Å²) in [4.78, 5) is 2.05. The molecule has 3 nitrogen and oxygen atoms in total. The Morgan fingerprint density at radius 2 is 1.64 bits per heavy atom. The monoisotopic (exact) mass is 345 g/mol. The lowest BCUT2D eigenvalue weighted by atomic mass is 10.1. The standard InChI is InChI=1S/C21H28FNO2/c1-17(2)15-25-16-20(24)14-23(12-18-8-4-3-5-9-18)13-19-10-6-7-11-21(19)22/h3-11,17,20,24H,12-16H2,1-2H3. The highest BCUT2D eigenvalue weighted by molar-refractivity contribution is 5.18. The minimum Gasteiger partial charge on any atom is -0.389 e. The lowest BCUT2D eigenvalue weighted by Crippen LogP contribution is -2.34. The number of aliphatic hydroxyl groups is 1. The molecule has 2 aromatic carbocycles. The maximum absolute atomic E-state index is 14.0. The molecule has 2 rings (SSSR count). The van der Waals surface area contributed by atoms with E-state index in [2.05, 4.69) is 18.7 Å². The van der Waals surface area contributed by atoms with E-state index in [1.54, 1.807) is 12.1 Å². The predicted octanol–water partition coefficient (Wildman–Crippen LogP) is 3.86. The van der Waals surface area contributed by atoms with Gasteiger partial charge >= 0.3 is 0 Å². The molecule has 1 unspecified atom stereocenters. The second kappa shape index (κ2) is 10.3. The van der Waals surface area contributed by atoms with E-state index < -0.39 is 6.10 Å². The van der Waals surface area contributed by atoms with E-state index >= 15 is 0 Å². The van der Waals surface area contributed by atoms with E-state index in [0.29, 0.717) is 44.3 Å². The van der Waals surface area contributed by atoms with E-state index in [-0.39, 0.29) is 5.82 Å². The largest absolute Gasteiger partial charge is 0.389 e. The van der Waals surface area contributed by atoms with Gasteiger partial charge in [0.25, 0.3) is 0 Å². The Morgan fingerprint density at radius 1 is 0.960 bits per heavy atom. The lowest BCUT2D eigenvalue weighted by molar-refractivity contribution is 0.00539. The molecule has 136 valence electrons. The Hall–Kier alpha value is -1.75. The SMILES string of the molecule is CC(C)COCC(O)CN(Cc1ccccc1)Cc1ccccc1F. The van der Waals surface area contributed by atoms with E-state index in [1.165, 1.54) is 6.07 Å². The van der Waals surface area contributed by atoms with Crippen LogP contribution in [0.3, 0.4) is 0 Å². The number of rotatable bonds is 10. The van der Waals surface area contributed by atoms with Gasteiger partial charge in [-0.15, -0.1) is 0 Å². The molecule has 2 aromatic rings. The zero-order valence-electron chi connectivity index (χ0n) is 15.1. The molecule has 0 aliphatic carbocycles. The zero-order valence-corrected chi connectivity index (χ0v) is 15.1. The second-order valence-corrected chi connectivity index (χ2v) is 6.83. The molecule has 1 atom stereocenters. The van der Waals surface area contributed by atoms with Crippen LogP contribution < -0.4 is 0 Å². The molecule has 0 fully saturated rings. The molecule has 0 saturated carbocycles. The van der Waals surface area contributed by atoms with Crippen LogP contribution in [-0.4, -0.2) is 35.9 Å². The van der Waals surface area contributed by atoms with Gasteiger partial charge in [-0.05, 0) is 17.5 Å². The number of hydrogen-bond donors (Lipinski definition) is 1. The highest BCUT2D eigenvalue weighted by Crippen LogP contribution is 2.14. The van der Waals surface area contributed by atoms with Crippen LogP contribution in [0.15, 0.2) is 54.6 Å². The van der Waals surface area contributed by atoms with Gasteiger partial charge in [0.2, 0.25) is 0 Å². The van der Waals surface area contributed by atoms with Crippen molar-refractivity contribution in [3.8, 4) is 0 Å². The maximum Gasteiger partial charge on any atom is 0.127 e. The number of hydrogen-bond acceptors (Lipinski definition) is 3.